The zero-order valence-electron chi connectivity index (χ0n) is 21.3. The summed E-state index contributed by atoms with van der Waals surface area (Å²) in [5.41, 5.74) is 3.78. The van der Waals surface area contributed by atoms with Crippen molar-refractivity contribution in [2.24, 2.45) is 5.92 Å². The first-order valence-electron chi connectivity index (χ1n) is 13.1. The van der Waals surface area contributed by atoms with Gasteiger partial charge in [0, 0.05) is 48.2 Å². The number of nitrogens with zero attached hydrogens (tertiary/aromatic N) is 3. The lowest BCUT2D eigenvalue weighted by molar-refractivity contribution is -0.0864. The summed E-state index contributed by atoms with van der Waals surface area (Å²) < 4.78 is 56.9. The maximum absolute atomic E-state index is 15.4. The van der Waals surface area contributed by atoms with Gasteiger partial charge in [-0.25, -0.2) is 13.2 Å². The second-order valence-corrected chi connectivity index (χ2v) is 10.6. The highest BCUT2D eigenvalue weighted by Gasteiger charge is 2.42. The van der Waals surface area contributed by atoms with E-state index >= 15 is 4.39 Å². The molecule has 2 aliphatic rings. The number of aliphatic hydroxyl groups is 1. The van der Waals surface area contributed by atoms with E-state index in [0.717, 1.165) is 22.2 Å². The molecular formula is C29H32F4N4O. The second-order valence-electron chi connectivity index (χ2n) is 10.6. The van der Waals surface area contributed by atoms with Crippen LogP contribution in [0.15, 0.2) is 42.5 Å². The van der Waals surface area contributed by atoms with Gasteiger partial charge in [-0.05, 0) is 48.6 Å². The van der Waals surface area contributed by atoms with Crippen molar-refractivity contribution >= 4 is 10.9 Å². The molecule has 0 radical (unpaired) electrons. The zero-order chi connectivity index (χ0) is 27.0. The number of nitriles is 1. The van der Waals surface area contributed by atoms with Gasteiger partial charge in [0.25, 0.3) is 5.92 Å². The Labute approximate surface area is 219 Å². The maximum Gasteiger partial charge on any atom is 0.283 e. The fourth-order valence-corrected chi connectivity index (χ4v) is 6.02. The normalized spacial score (nSPS) is 21.7. The highest BCUT2D eigenvalue weighted by Crippen LogP contribution is 2.43. The van der Waals surface area contributed by atoms with Crippen LogP contribution in [0, 0.1) is 17.2 Å². The van der Waals surface area contributed by atoms with Gasteiger partial charge in [-0.1, -0.05) is 30.3 Å². The van der Waals surface area contributed by atoms with E-state index in [1.165, 1.54) is 6.07 Å². The largest absolute Gasteiger partial charge is 0.390 e. The van der Waals surface area contributed by atoms with E-state index in [-0.39, 0.29) is 17.5 Å². The molecule has 9 heteroatoms. The number of halogens is 4. The van der Waals surface area contributed by atoms with Crippen LogP contribution in [0.25, 0.3) is 10.9 Å². The fraction of sp³-hybridized carbons (Fsp3) is 0.483. The number of fused-ring (bicyclic) bond motifs is 3. The lowest BCUT2D eigenvalue weighted by Crippen LogP contribution is -2.49. The summed E-state index contributed by atoms with van der Waals surface area (Å²) in [5, 5.41) is 20.4. The Hall–Kier alpha value is -2.93. The summed E-state index contributed by atoms with van der Waals surface area (Å²) in [5.74, 6) is -3.56. The van der Waals surface area contributed by atoms with Crippen LogP contribution in [0.5, 0.6) is 0 Å². The Bertz CT molecular complexity index is 1330. The van der Waals surface area contributed by atoms with Crippen LogP contribution in [0.3, 0.4) is 0 Å². The smallest absolute Gasteiger partial charge is 0.283 e. The van der Waals surface area contributed by atoms with Gasteiger partial charge in [-0.15, -0.1) is 0 Å². The van der Waals surface area contributed by atoms with Crippen LogP contribution < -0.4 is 0 Å². The van der Waals surface area contributed by atoms with E-state index in [0.29, 0.717) is 43.6 Å². The number of hydrogen-bond donors (Lipinski definition) is 2. The summed E-state index contributed by atoms with van der Waals surface area (Å²) in [6.07, 6.45) is -0.315. The Balaban J connectivity index is 1.52. The van der Waals surface area contributed by atoms with Gasteiger partial charge in [0.1, 0.15) is 12.8 Å². The average molecular weight is 529 g/mol. The minimum atomic E-state index is -3.33. The van der Waals surface area contributed by atoms with Crippen molar-refractivity contribution in [2.75, 3.05) is 39.5 Å². The van der Waals surface area contributed by atoms with Gasteiger partial charge in [0.15, 0.2) is 0 Å². The summed E-state index contributed by atoms with van der Waals surface area (Å²) in [6, 6.07) is 13.8. The van der Waals surface area contributed by atoms with Crippen molar-refractivity contribution in [1.82, 2.24) is 14.8 Å². The van der Waals surface area contributed by atoms with Crippen LogP contribution in [-0.4, -0.2) is 71.3 Å². The molecule has 1 fully saturated rings. The quantitative estimate of drug-likeness (QED) is 0.370. The first-order chi connectivity index (χ1) is 18.3. The van der Waals surface area contributed by atoms with E-state index in [2.05, 4.69) is 11.1 Å². The Morgan fingerprint density at radius 3 is 2.68 bits per heavy atom. The lowest BCUT2D eigenvalue weighted by Gasteiger charge is -2.43. The predicted octanol–water partition coefficient (Wildman–Crippen LogP) is 5.31. The summed E-state index contributed by atoms with van der Waals surface area (Å²) in [7, 11) is 0. The molecule has 1 saturated heterocycles. The number of likely N-dealkylation sites (tertiary alicyclic amines) is 1. The minimum Gasteiger partial charge on any atom is -0.390 e. The van der Waals surface area contributed by atoms with Crippen molar-refractivity contribution in [1.29, 1.82) is 5.26 Å². The first kappa shape index (κ1) is 26.7. The number of aromatic amines is 1. The van der Waals surface area contributed by atoms with Crippen LogP contribution in [0.4, 0.5) is 17.6 Å². The second kappa shape index (κ2) is 10.7. The van der Waals surface area contributed by atoms with Crippen LogP contribution in [0.1, 0.15) is 53.5 Å². The van der Waals surface area contributed by atoms with E-state index in [9.17, 15) is 23.5 Å². The van der Waals surface area contributed by atoms with E-state index in [1.54, 1.807) is 17.0 Å². The van der Waals surface area contributed by atoms with Crippen LogP contribution in [-0.2, 0) is 6.42 Å². The van der Waals surface area contributed by atoms with Gasteiger partial charge in [0.05, 0.1) is 30.9 Å². The molecule has 38 heavy (non-hydrogen) atoms. The van der Waals surface area contributed by atoms with Gasteiger partial charge in [-0.3, -0.25) is 9.29 Å². The third-order valence-corrected chi connectivity index (χ3v) is 7.98. The van der Waals surface area contributed by atoms with E-state index in [1.807, 2.05) is 36.1 Å². The maximum atomic E-state index is 15.4. The van der Waals surface area contributed by atoms with Crippen molar-refractivity contribution in [3.05, 3.63) is 70.4 Å². The highest BCUT2D eigenvalue weighted by atomic mass is 19.3. The molecule has 0 saturated carbocycles. The van der Waals surface area contributed by atoms with E-state index < -0.39 is 38.0 Å². The molecule has 2 N–H and O–H groups in total. The number of H-pyrrole nitrogens is 1. The molecular weight excluding hydrogens is 496 g/mol. The minimum absolute atomic E-state index is 0.234. The monoisotopic (exact) mass is 528 g/mol. The number of rotatable bonds is 9. The molecule has 0 aliphatic carbocycles. The van der Waals surface area contributed by atoms with Crippen molar-refractivity contribution in [2.45, 2.75) is 43.9 Å². The Morgan fingerprint density at radius 1 is 1.21 bits per heavy atom. The molecule has 2 aromatic carbocycles. The first-order valence-corrected chi connectivity index (χ1v) is 13.1. The predicted molar refractivity (Wildman–Crippen MR) is 138 cm³/mol. The number of hydrogen-bond acceptors (Lipinski definition) is 4. The zero-order valence-corrected chi connectivity index (χ0v) is 21.3. The Morgan fingerprint density at radius 2 is 1.97 bits per heavy atom. The van der Waals surface area contributed by atoms with Crippen molar-refractivity contribution < 1.29 is 22.7 Å². The molecule has 0 bridgehead atoms. The molecule has 3 aromatic rings. The van der Waals surface area contributed by atoms with Gasteiger partial charge < -0.3 is 15.0 Å². The molecule has 0 amide bonds. The lowest BCUT2D eigenvalue weighted by atomic mass is 9.84. The van der Waals surface area contributed by atoms with Crippen molar-refractivity contribution in [3.8, 4) is 6.07 Å². The molecule has 1 unspecified atom stereocenters. The standard InChI is InChI=1S/C29H32F4N4O/c1-18-11-24-23-5-2-3-6-25(23)35-27(24)28(37(18)16-29(32,33)17-38)22-8-7-19(12-20(22)13-34)26(31)21-14-36(15-21)10-4-9-30/h2-3,5-8,12,18,21,26,28,35,38H,4,9-11,14-17H2,1H3/t18-,26+,28?/m1/s1. The fourth-order valence-electron chi connectivity index (χ4n) is 6.02. The Kier molecular flexibility index (Phi) is 7.49. The molecule has 2 aliphatic heterocycles. The molecule has 1 aromatic heterocycles. The van der Waals surface area contributed by atoms with Crippen LogP contribution >= 0.6 is 0 Å². The number of benzene rings is 2. The number of aromatic nitrogens is 1. The van der Waals surface area contributed by atoms with E-state index in [4.69, 9.17) is 0 Å². The molecule has 0 spiro atoms. The van der Waals surface area contributed by atoms with Gasteiger partial charge in [0.2, 0.25) is 0 Å². The third-order valence-electron chi connectivity index (χ3n) is 7.98. The third kappa shape index (κ3) is 4.93. The summed E-state index contributed by atoms with van der Waals surface area (Å²) in [6.45, 7) is 1.18. The molecule has 5 rings (SSSR count). The average Bonchev–Trinajstić information content (AvgIpc) is 3.25. The topological polar surface area (TPSA) is 66.3 Å². The van der Waals surface area contributed by atoms with Gasteiger partial charge >= 0.3 is 0 Å². The highest BCUT2D eigenvalue weighted by molar-refractivity contribution is 5.85. The van der Waals surface area contributed by atoms with Gasteiger partial charge in [-0.2, -0.15) is 5.26 Å². The van der Waals surface area contributed by atoms with Crippen LogP contribution in [0.2, 0.25) is 0 Å². The summed E-state index contributed by atoms with van der Waals surface area (Å²) >= 11 is 0. The molecule has 5 nitrogen and oxygen atoms in total. The molecule has 3 heterocycles. The SMILES string of the molecule is C[C@@H]1Cc2c([nH]c3ccccc23)C(c2ccc([C@H](F)C3CN(CCCF)C3)cc2C#N)N1CC(F)(F)CO. The number of para-hydroxylation sites is 1. The van der Waals surface area contributed by atoms with Crippen molar-refractivity contribution in [3.63, 3.8) is 0 Å². The molecule has 3 atom stereocenters. The number of nitrogens with one attached hydrogen (secondary N) is 1. The number of alkyl halides is 4. The molecule has 202 valence electrons. The number of aliphatic hydroxyl groups excluding tert-OH is 1. The summed E-state index contributed by atoms with van der Waals surface area (Å²) in [4.78, 5) is 7.04.